The van der Waals surface area contributed by atoms with Crippen LogP contribution >= 0.6 is 10.2 Å². The second-order valence-corrected chi connectivity index (χ2v) is 13.1. The van der Waals surface area contributed by atoms with Gasteiger partial charge < -0.3 is 0 Å². The van der Waals surface area contributed by atoms with Gasteiger partial charge in [0.1, 0.15) is 0 Å². The average Bonchev–Trinajstić information content (AvgIpc) is 2.64. The molecule has 0 aromatic heterocycles. The summed E-state index contributed by atoms with van der Waals surface area (Å²) in [6, 6.07) is 4.68. The standard InChI is InChI=1S/C10H12SSe2/c1-3-7-5-6-8(4-2)10-9(7)11-13-12-10/h5-6H,3-4H2,1-2H3. The molecule has 1 aromatic carbocycles. The maximum absolute atomic E-state index is 2.35. The first-order chi connectivity index (χ1) is 6.36. The molecule has 1 aromatic rings. The van der Waals surface area contributed by atoms with Crippen LogP contribution < -0.4 is 4.46 Å². The van der Waals surface area contributed by atoms with Crippen LogP contribution in [-0.2, 0) is 12.8 Å². The van der Waals surface area contributed by atoms with Gasteiger partial charge in [0.05, 0.1) is 0 Å². The zero-order valence-electron chi connectivity index (χ0n) is 7.79. The van der Waals surface area contributed by atoms with Gasteiger partial charge in [-0.3, -0.25) is 0 Å². The quantitative estimate of drug-likeness (QED) is 0.748. The van der Waals surface area contributed by atoms with E-state index < -0.39 is 0 Å². The van der Waals surface area contributed by atoms with E-state index in [2.05, 4.69) is 36.2 Å². The number of rotatable bonds is 2. The van der Waals surface area contributed by atoms with Gasteiger partial charge in [-0.05, 0) is 0 Å². The van der Waals surface area contributed by atoms with E-state index in [-0.39, 0.29) is 0 Å². The van der Waals surface area contributed by atoms with Gasteiger partial charge in [0.15, 0.2) is 0 Å². The van der Waals surface area contributed by atoms with Crippen molar-refractivity contribution in [2.45, 2.75) is 31.6 Å². The number of fused-ring (bicyclic) bond motifs is 1. The summed E-state index contributed by atoms with van der Waals surface area (Å²) in [7, 11) is 2.14. The minimum atomic E-state index is 0.809. The second-order valence-electron chi connectivity index (χ2n) is 2.98. The van der Waals surface area contributed by atoms with Crippen LogP contribution in [0.4, 0.5) is 0 Å². The summed E-state index contributed by atoms with van der Waals surface area (Å²) in [5.74, 6) is 0. The van der Waals surface area contributed by atoms with E-state index in [1.165, 1.54) is 12.8 Å². The van der Waals surface area contributed by atoms with Gasteiger partial charge >= 0.3 is 94.6 Å². The van der Waals surface area contributed by atoms with E-state index >= 15 is 0 Å². The Balaban J connectivity index is 2.52. The average molecular weight is 322 g/mol. The summed E-state index contributed by atoms with van der Waals surface area (Å²) < 4.78 is 1.74. The second kappa shape index (κ2) is 4.42. The summed E-state index contributed by atoms with van der Waals surface area (Å²) >= 11 is 1.65. The Morgan fingerprint density at radius 2 is 1.85 bits per heavy atom. The third-order valence-corrected chi connectivity index (χ3v) is 12.8. The third-order valence-electron chi connectivity index (χ3n) is 2.27. The Morgan fingerprint density at radius 1 is 1.15 bits per heavy atom. The molecule has 0 radical (unpaired) electrons. The molecule has 1 aliphatic heterocycles. The van der Waals surface area contributed by atoms with Crippen molar-refractivity contribution in [2.75, 3.05) is 0 Å². The molecule has 0 saturated carbocycles. The fraction of sp³-hybridized carbons (Fsp3) is 0.400. The van der Waals surface area contributed by atoms with Gasteiger partial charge in [-0.25, -0.2) is 0 Å². The van der Waals surface area contributed by atoms with E-state index in [4.69, 9.17) is 0 Å². The number of hydrogen-bond acceptors (Lipinski definition) is 1. The third kappa shape index (κ3) is 1.86. The molecule has 0 aliphatic carbocycles. The van der Waals surface area contributed by atoms with Crippen LogP contribution in [0.5, 0.6) is 0 Å². The molecular formula is C10H12SSe2. The molecule has 0 saturated heterocycles. The van der Waals surface area contributed by atoms with Crippen LogP contribution in [0, 0.1) is 0 Å². The Morgan fingerprint density at radius 3 is 2.54 bits per heavy atom. The fourth-order valence-electron chi connectivity index (χ4n) is 1.47. The van der Waals surface area contributed by atoms with Crippen molar-refractivity contribution in [2.24, 2.45) is 0 Å². The summed E-state index contributed by atoms with van der Waals surface area (Å²) in [6.07, 6.45) is 2.41. The number of aryl methyl sites for hydroxylation is 2. The molecule has 0 nitrogen and oxygen atoms in total. The normalized spacial score (nSPS) is 14.6. The van der Waals surface area contributed by atoms with Gasteiger partial charge in [-0.1, -0.05) is 0 Å². The zero-order valence-corrected chi connectivity index (χ0v) is 12.0. The van der Waals surface area contributed by atoms with Crippen LogP contribution in [0.2, 0.25) is 0 Å². The zero-order chi connectivity index (χ0) is 9.26. The van der Waals surface area contributed by atoms with E-state index in [9.17, 15) is 0 Å². The topological polar surface area (TPSA) is 0 Å². The van der Waals surface area contributed by atoms with Crippen LogP contribution in [0.1, 0.15) is 25.0 Å². The molecule has 3 heteroatoms. The van der Waals surface area contributed by atoms with E-state index in [1.807, 2.05) is 0 Å². The monoisotopic (exact) mass is 324 g/mol. The van der Waals surface area contributed by atoms with Gasteiger partial charge in [0.2, 0.25) is 0 Å². The Labute approximate surface area is 94.2 Å². The van der Waals surface area contributed by atoms with E-state index in [0.29, 0.717) is 0 Å². The van der Waals surface area contributed by atoms with Crippen molar-refractivity contribution in [1.29, 1.82) is 0 Å². The molecule has 70 valence electrons. The number of benzene rings is 1. The first kappa shape index (κ1) is 10.1. The molecule has 0 fully saturated rings. The summed E-state index contributed by atoms with van der Waals surface area (Å²) in [5.41, 5.74) is 3.19. The van der Waals surface area contributed by atoms with Crippen LogP contribution in [0.15, 0.2) is 17.0 Å². The molecule has 1 heterocycles. The van der Waals surface area contributed by atoms with Gasteiger partial charge in [-0.15, -0.1) is 0 Å². The van der Waals surface area contributed by atoms with Gasteiger partial charge in [0, 0.05) is 0 Å². The molecule has 2 rings (SSSR count). The summed E-state index contributed by atoms with van der Waals surface area (Å²) in [6.45, 7) is 4.54. The predicted molar refractivity (Wildman–Crippen MR) is 62.2 cm³/mol. The summed E-state index contributed by atoms with van der Waals surface area (Å²) in [5, 5.41) is 0. The van der Waals surface area contributed by atoms with Crippen molar-refractivity contribution in [3.8, 4) is 0 Å². The van der Waals surface area contributed by atoms with Crippen LogP contribution in [0.25, 0.3) is 0 Å². The summed E-state index contributed by atoms with van der Waals surface area (Å²) in [4.78, 5) is 1.65. The number of hydrogen-bond donors (Lipinski definition) is 0. The SMILES string of the molecule is CCc1ccc(CC)c2c1S[Se][Se]2. The molecule has 0 bridgehead atoms. The Kier molecular flexibility index (Phi) is 3.45. The van der Waals surface area contributed by atoms with Crippen molar-refractivity contribution in [3.63, 3.8) is 0 Å². The van der Waals surface area contributed by atoms with Crippen LogP contribution in [0.3, 0.4) is 0 Å². The van der Waals surface area contributed by atoms with Gasteiger partial charge in [-0.2, -0.15) is 0 Å². The van der Waals surface area contributed by atoms with Gasteiger partial charge in [0.25, 0.3) is 0 Å². The fourth-order valence-corrected chi connectivity index (χ4v) is 15.1. The van der Waals surface area contributed by atoms with E-state index in [1.54, 1.807) is 20.5 Å². The molecule has 1 aliphatic rings. The molecule has 0 unspecified atom stereocenters. The molecular weight excluding hydrogens is 310 g/mol. The first-order valence-electron chi connectivity index (χ1n) is 4.52. The Hall–Kier alpha value is 0.609. The van der Waals surface area contributed by atoms with Crippen LogP contribution in [-0.4, -0.2) is 25.1 Å². The minimum absolute atomic E-state index is 0.809. The molecule has 0 spiro atoms. The molecule has 0 amide bonds. The molecule has 13 heavy (non-hydrogen) atoms. The Bertz CT molecular complexity index is 292. The van der Waals surface area contributed by atoms with Crippen molar-refractivity contribution >= 4 is 39.8 Å². The predicted octanol–water partition coefficient (Wildman–Crippen LogP) is 1.78. The van der Waals surface area contributed by atoms with Crippen molar-refractivity contribution in [3.05, 3.63) is 23.3 Å². The van der Waals surface area contributed by atoms with E-state index in [0.717, 1.165) is 25.1 Å². The molecule has 0 atom stereocenters. The molecule has 0 N–H and O–H groups in total. The first-order valence-corrected chi connectivity index (χ1v) is 12.6. The maximum atomic E-state index is 2.35. The van der Waals surface area contributed by atoms with Crippen molar-refractivity contribution in [1.82, 2.24) is 0 Å². The van der Waals surface area contributed by atoms with Crippen molar-refractivity contribution < 1.29 is 0 Å².